The predicted molar refractivity (Wildman–Crippen MR) is 81.0 cm³/mol. The molecule has 0 saturated carbocycles. The van der Waals surface area contributed by atoms with Crippen LogP contribution in [-0.2, 0) is 0 Å². The van der Waals surface area contributed by atoms with Crippen LogP contribution in [0.3, 0.4) is 0 Å². The Labute approximate surface area is 124 Å². The molecule has 0 aliphatic heterocycles. The minimum atomic E-state index is -2.86. The smallest absolute Gasteiger partial charge is 0.387 e. The van der Waals surface area contributed by atoms with Crippen molar-refractivity contribution in [2.45, 2.75) is 27.4 Å². The minimum absolute atomic E-state index is 0.0439. The first-order valence-corrected chi connectivity index (χ1v) is 7.02. The molecule has 0 heterocycles. The number of rotatable bonds is 8. The van der Waals surface area contributed by atoms with E-state index in [0.29, 0.717) is 11.7 Å². The molecule has 118 valence electrons. The average Bonchev–Trinajstić information content (AvgIpc) is 2.43. The molecule has 0 aliphatic rings. The van der Waals surface area contributed by atoms with Crippen LogP contribution in [0, 0.1) is 5.92 Å². The van der Waals surface area contributed by atoms with Crippen molar-refractivity contribution in [3.8, 4) is 11.5 Å². The first kappa shape index (κ1) is 17.4. The van der Waals surface area contributed by atoms with Gasteiger partial charge in [0.2, 0.25) is 0 Å². The number of hydrogen-bond acceptors (Lipinski definition) is 3. The van der Waals surface area contributed by atoms with Gasteiger partial charge < -0.3 is 14.8 Å². The highest BCUT2D eigenvalue weighted by molar-refractivity contribution is 5.58. The van der Waals surface area contributed by atoms with Crippen LogP contribution in [0.5, 0.6) is 11.5 Å². The van der Waals surface area contributed by atoms with Crippen LogP contribution in [0.4, 0.5) is 8.78 Å². The zero-order valence-corrected chi connectivity index (χ0v) is 13.0. The summed E-state index contributed by atoms with van der Waals surface area (Å²) in [6.45, 7) is 5.13. The highest BCUT2D eigenvalue weighted by atomic mass is 19.3. The molecule has 1 N–H and O–H groups in total. The molecule has 0 aromatic heterocycles. The Balaban J connectivity index is 3.01. The van der Waals surface area contributed by atoms with Crippen LogP contribution in [0.2, 0.25) is 0 Å². The summed E-state index contributed by atoms with van der Waals surface area (Å²) in [5, 5.41) is 3.29. The van der Waals surface area contributed by atoms with Crippen molar-refractivity contribution in [2.75, 3.05) is 20.2 Å². The number of hydrogen-bond donors (Lipinski definition) is 1. The molecule has 3 nitrogen and oxygen atoms in total. The quantitative estimate of drug-likeness (QED) is 0.788. The third-order valence-corrected chi connectivity index (χ3v) is 3.08. The summed E-state index contributed by atoms with van der Waals surface area (Å²) in [6, 6.07) is 4.95. The fourth-order valence-corrected chi connectivity index (χ4v) is 1.87. The van der Waals surface area contributed by atoms with Gasteiger partial charge in [0.05, 0.1) is 7.11 Å². The standard InChI is InChI=1S/C16H23F2NO2/c1-5-19-10-13(11(2)3)8-12-6-7-14(21-16(17)18)15(9-12)20-4/h6-9,11,16,19H,5,10H2,1-4H3. The van der Waals surface area contributed by atoms with Crippen LogP contribution >= 0.6 is 0 Å². The molecule has 1 aromatic rings. The van der Waals surface area contributed by atoms with Crippen molar-refractivity contribution >= 4 is 6.08 Å². The molecule has 0 aliphatic carbocycles. The third kappa shape index (κ3) is 5.71. The topological polar surface area (TPSA) is 30.5 Å². The zero-order chi connectivity index (χ0) is 15.8. The van der Waals surface area contributed by atoms with Crippen LogP contribution in [0.25, 0.3) is 6.08 Å². The lowest BCUT2D eigenvalue weighted by atomic mass is 10.00. The Morgan fingerprint density at radius 2 is 2.00 bits per heavy atom. The first-order chi connectivity index (χ1) is 9.97. The molecule has 0 radical (unpaired) electrons. The van der Waals surface area contributed by atoms with Gasteiger partial charge in [-0.05, 0) is 30.2 Å². The number of methoxy groups -OCH3 is 1. The maximum atomic E-state index is 12.3. The van der Waals surface area contributed by atoms with Gasteiger partial charge in [-0.1, -0.05) is 38.5 Å². The van der Waals surface area contributed by atoms with E-state index < -0.39 is 6.61 Å². The number of ether oxygens (including phenoxy) is 2. The summed E-state index contributed by atoms with van der Waals surface area (Å²) >= 11 is 0. The lowest BCUT2D eigenvalue weighted by molar-refractivity contribution is -0.0512. The second-order valence-corrected chi connectivity index (χ2v) is 4.94. The van der Waals surface area contributed by atoms with Crippen LogP contribution in [0.15, 0.2) is 23.8 Å². The summed E-state index contributed by atoms with van der Waals surface area (Å²) in [7, 11) is 1.43. The minimum Gasteiger partial charge on any atom is -0.493 e. The van der Waals surface area contributed by atoms with Gasteiger partial charge in [0.15, 0.2) is 11.5 Å². The number of halogens is 2. The van der Waals surface area contributed by atoms with Crippen molar-refractivity contribution in [1.29, 1.82) is 0 Å². The molecule has 21 heavy (non-hydrogen) atoms. The lowest BCUT2D eigenvalue weighted by Gasteiger charge is -2.14. The molecule has 0 bridgehead atoms. The predicted octanol–water partition coefficient (Wildman–Crippen LogP) is 3.95. The normalized spacial score (nSPS) is 12.1. The second-order valence-electron chi connectivity index (χ2n) is 4.94. The van der Waals surface area contributed by atoms with Gasteiger partial charge in [0, 0.05) is 6.54 Å². The van der Waals surface area contributed by atoms with Gasteiger partial charge >= 0.3 is 6.61 Å². The van der Waals surface area contributed by atoms with Crippen molar-refractivity contribution in [1.82, 2.24) is 5.32 Å². The molecule has 0 amide bonds. The molecule has 1 aromatic carbocycles. The van der Waals surface area contributed by atoms with Gasteiger partial charge in [-0.25, -0.2) is 0 Å². The Hall–Kier alpha value is -1.62. The number of benzene rings is 1. The Kier molecular flexibility index (Phi) is 7.15. The zero-order valence-electron chi connectivity index (χ0n) is 13.0. The maximum absolute atomic E-state index is 12.3. The van der Waals surface area contributed by atoms with E-state index >= 15 is 0 Å². The average molecular weight is 299 g/mol. The number of likely N-dealkylation sites (N-methyl/N-ethyl adjacent to an activating group) is 1. The molecular formula is C16H23F2NO2. The second kappa shape index (κ2) is 8.62. The van der Waals surface area contributed by atoms with Gasteiger partial charge in [-0.2, -0.15) is 8.78 Å². The van der Waals surface area contributed by atoms with Gasteiger partial charge in [0.25, 0.3) is 0 Å². The Morgan fingerprint density at radius 3 is 2.52 bits per heavy atom. The molecule has 1 rings (SSSR count). The van der Waals surface area contributed by atoms with Gasteiger partial charge in [0.1, 0.15) is 0 Å². The molecule has 0 saturated heterocycles. The van der Waals surface area contributed by atoms with E-state index in [0.717, 1.165) is 18.7 Å². The van der Waals surface area contributed by atoms with Crippen molar-refractivity contribution in [3.05, 3.63) is 29.3 Å². The van der Waals surface area contributed by atoms with Gasteiger partial charge in [-0.3, -0.25) is 0 Å². The fraction of sp³-hybridized carbons (Fsp3) is 0.500. The van der Waals surface area contributed by atoms with E-state index in [1.165, 1.54) is 18.7 Å². The summed E-state index contributed by atoms with van der Waals surface area (Å²) in [5.74, 6) is 0.741. The molecule has 0 spiro atoms. The van der Waals surface area contributed by atoms with E-state index in [2.05, 4.69) is 30.8 Å². The largest absolute Gasteiger partial charge is 0.493 e. The Bertz CT molecular complexity index is 473. The highest BCUT2D eigenvalue weighted by Crippen LogP contribution is 2.30. The summed E-state index contributed by atoms with van der Waals surface area (Å²) in [6.07, 6.45) is 2.04. The van der Waals surface area contributed by atoms with Gasteiger partial charge in [-0.15, -0.1) is 0 Å². The SMILES string of the molecule is CCNCC(=Cc1ccc(OC(F)F)c(OC)c1)C(C)C. The third-order valence-electron chi connectivity index (χ3n) is 3.08. The van der Waals surface area contributed by atoms with Crippen molar-refractivity contribution in [2.24, 2.45) is 5.92 Å². The van der Waals surface area contributed by atoms with Crippen molar-refractivity contribution in [3.63, 3.8) is 0 Å². The lowest BCUT2D eigenvalue weighted by Crippen LogP contribution is -2.18. The van der Waals surface area contributed by atoms with E-state index in [-0.39, 0.29) is 5.75 Å². The highest BCUT2D eigenvalue weighted by Gasteiger charge is 2.11. The first-order valence-electron chi connectivity index (χ1n) is 7.02. The molecule has 0 atom stereocenters. The number of alkyl halides is 2. The van der Waals surface area contributed by atoms with E-state index in [1.807, 2.05) is 6.08 Å². The number of nitrogens with one attached hydrogen (secondary N) is 1. The van der Waals surface area contributed by atoms with Crippen LogP contribution < -0.4 is 14.8 Å². The summed E-state index contributed by atoms with van der Waals surface area (Å²) in [5.41, 5.74) is 2.14. The van der Waals surface area contributed by atoms with E-state index in [9.17, 15) is 8.78 Å². The summed E-state index contributed by atoms with van der Waals surface area (Å²) in [4.78, 5) is 0. The van der Waals surface area contributed by atoms with E-state index in [1.54, 1.807) is 12.1 Å². The fourth-order valence-electron chi connectivity index (χ4n) is 1.87. The molecule has 0 unspecified atom stereocenters. The van der Waals surface area contributed by atoms with Crippen LogP contribution in [0.1, 0.15) is 26.3 Å². The van der Waals surface area contributed by atoms with Crippen molar-refractivity contribution < 1.29 is 18.3 Å². The summed E-state index contributed by atoms with van der Waals surface area (Å²) < 4.78 is 34.1. The Morgan fingerprint density at radius 1 is 1.29 bits per heavy atom. The molecule has 0 fully saturated rings. The monoisotopic (exact) mass is 299 g/mol. The maximum Gasteiger partial charge on any atom is 0.387 e. The molecular weight excluding hydrogens is 276 g/mol. The van der Waals surface area contributed by atoms with Crippen LogP contribution in [-0.4, -0.2) is 26.8 Å². The molecule has 5 heteroatoms. The van der Waals surface area contributed by atoms with E-state index in [4.69, 9.17) is 4.74 Å².